The van der Waals surface area contributed by atoms with E-state index in [0.29, 0.717) is 0 Å². The molecule has 0 aliphatic rings. The van der Waals surface area contributed by atoms with E-state index in [4.69, 9.17) is 0 Å². The summed E-state index contributed by atoms with van der Waals surface area (Å²) in [5, 5.41) is 4.10. The Hall–Kier alpha value is -1.52. The van der Waals surface area contributed by atoms with Gasteiger partial charge < -0.3 is 9.11 Å². The molecule has 0 aliphatic heterocycles. The first-order valence-corrected chi connectivity index (χ1v) is 24.8. The van der Waals surface area contributed by atoms with E-state index in [0.717, 1.165) is 84.0 Å². The van der Waals surface area contributed by atoms with Gasteiger partial charge in [-0.1, -0.05) is 167 Å². The first kappa shape index (κ1) is 51.6. The van der Waals surface area contributed by atoms with Gasteiger partial charge in [-0.2, -0.15) is 0 Å². The summed E-state index contributed by atoms with van der Waals surface area (Å²) in [6.07, 6.45) is 28.2. The maximum atomic E-state index is 11.5. The first-order valence-electron chi connectivity index (χ1n) is 21.9. The van der Waals surface area contributed by atoms with E-state index in [1.807, 2.05) is 12.1 Å². The second kappa shape index (κ2) is 28.1. The van der Waals surface area contributed by atoms with Crippen molar-refractivity contribution in [1.82, 2.24) is 0 Å². The molecule has 0 bridgehead atoms. The molecule has 0 amide bonds. The van der Waals surface area contributed by atoms with Crippen molar-refractivity contribution in [2.24, 2.45) is 0 Å². The van der Waals surface area contributed by atoms with Gasteiger partial charge in [0.05, 0.1) is 9.79 Å². The fraction of sp³-hybridized carbons (Fsp3) is 0.583. The van der Waals surface area contributed by atoms with Crippen molar-refractivity contribution >= 4 is 79.5 Å². The van der Waals surface area contributed by atoms with Gasteiger partial charge >= 0.3 is 37.7 Å². The Morgan fingerprint density at radius 2 is 0.596 bits per heavy atom. The van der Waals surface area contributed by atoms with Crippen LogP contribution in [0.2, 0.25) is 0 Å². The molecule has 4 aromatic carbocycles. The zero-order chi connectivity index (χ0) is 40.8. The quantitative estimate of drug-likeness (QED) is 0.0353. The van der Waals surface area contributed by atoms with Crippen LogP contribution in [0.25, 0.3) is 21.5 Å². The van der Waals surface area contributed by atoms with Gasteiger partial charge in [0.2, 0.25) is 0 Å². The molecule has 4 rings (SSSR count). The predicted octanol–water partition coefficient (Wildman–Crippen LogP) is 13.2. The summed E-state index contributed by atoms with van der Waals surface area (Å²) in [6, 6.07) is 18.5. The smallest absolute Gasteiger partial charge is 0.744 e. The molecule has 4 aromatic rings. The molecule has 57 heavy (non-hydrogen) atoms. The fourth-order valence-corrected chi connectivity index (χ4v) is 8.75. The molecule has 0 unspecified atom stereocenters. The summed E-state index contributed by atoms with van der Waals surface area (Å²) in [5.74, 6) is 0. The average Bonchev–Trinajstić information content (AvgIpc) is 3.17. The van der Waals surface area contributed by atoms with Crippen LogP contribution in [0.3, 0.4) is 0 Å². The third-order valence-corrected chi connectivity index (χ3v) is 12.8. The van der Waals surface area contributed by atoms with Crippen LogP contribution in [0, 0.1) is 0 Å². The molecule has 312 valence electrons. The third-order valence-electron chi connectivity index (χ3n) is 11.1. The second-order valence-electron chi connectivity index (χ2n) is 15.7. The van der Waals surface area contributed by atoms with E-state index in [-0.39, 0.29) is 47.5 Å². The monoisotopic (exact) mass is 846 g/mol. The Morgan fingerprint density at radius 1 is 0.351 bits per heavy atom. The Labute approximate surface area is 376 Å². The Morgan fingerprint density at radius 3 is 0.842 bits per heavy atom. The third kappa shape index (κ3) is 18.3. The van der Waals surface area contributed by atoms with E-state index in [1.165, 1.54) is 126 Å². The fourth-order valence-electron chi connectivity index (χ4n) is 7.76. The molecule has 0 heterocycles. The molecule has 6 nitrogen and oxygen atoms in total. The molecule has 9 heteroatoms. The number of benzene rings is 4. The van der Waals surface area contributed by atoms with Gasteiger partial charge in [0, 0.05) is 0 Å². The maximum Gasteiger partial charge on any atom is 2.00 e. The van der Waals surface area contributed by atoms with Crippen molar-refractivity contribution in [3.05, 3.63) is 82.9 Å². The number of fused-ring (bicyclic) bond motifs is 2. The van der Waals surface area contributed by atoms with Gasteiger partial charge in [-0.15, -0.1) is 0 Å². The van der Waals surface area contributed by atoms with Gasteiger partial charge in [0.25, 0.3) is 0 Å². The van der Waals surface area contributed by atoms with E-state index < -0.39 is 20.2 Å². The summed E-state index contributed by atoms with van der Waals surface area (Å²) >= 11 is 0. The summed E-state index contributed by atoms with van der Waals surface area (Å²) in [6.45, 7) is 8.85. The minimum absolute atomic E-state index is 0. The van der Waals surface area contributed by atoms with Crippen LogP contribution >= 0.6 is 0 Å². The average molecular weight is 847 g/mol. The normalized spacial score (nSPS) is 11.8. The van der Waals surface area contributed by atoms with Gasteiger partial charge in [0.15, 0.2) is 0 Å². The molecule has 0 aromatic heterocycles. The number of unbranched alkanes of at least 4 members (excludes halogenated alkanes) is 16. The molecule has 0 saturated heterocycles. The minimum atomic E-state index is -4.43. The molecule has 0 atom stereocenters. The number of hydrogen-bond donors (Lipinski definition) is 0. The Balaban J connectivity index is 0.000000387. The zero-order valence-corrected chi connectivity index (χ0v) is 39.6. The van der Waals surface area contributed by atoms with Crippen LogP contribution in [-0.2, 0) is 45.9 Å². The molecule has 0 spiro atoms. The van der Waals surface area contributed by atoms with Crippen LogP contribution in [0.1, 0.15) is 178 Å². The number of hydrogen-bond acceptors (Lipinski definition) is 6. The first-order chi connectivity index (χ1) is 26.9. The van der Waals surface area contributed by atoms with Crippen molar-refractivity contribution in [1.29, 1.82) is 0 Å². The molecular formula is C48H70CaO6S2. The summed E-state index contributed by atoms with van der Waals surface area (Å²) in [7, 11) is -8.87. The Bertz CT molecular complexity index is 1830. The van der Waals surface area contributed by atoms with E-state index in [9.17, 15) is 25.9 Å². The van der Waals surface area contributed by atoms with Crippen LogP contribution in [0.5, 0.6) is 0 Å². The van der Waals surface area contributed by atoms with Crippen molar-refractivity contribution in [3.63, 3.8) is 0 Å². The van der Waals surface area contributed by atoms with Gasteiger partial charge in [0.1, 0.15) is 20.2 Å². The minimum Gasteiger partial charge on any atom is -0.744 e. The summed E-state index contributed by atoms with van der Waals surface area (Å²) < 4.78 is 69.1. The van der Waals surface area contributed by atoms with Crippen LogP contribution < -0.4 is 0 Å². The van der Waals surface area contributed by atoms with Crippen molar-refractivity contribution in [3.8, 4) is 0 Å². The predicted molar refractivity (Wildman–Crippen MR) is 239 cm³/mol. The van der Waals surface area contributed by atoms with Crippen molar-refractivity contribution < 1.29 is 25.9 Å². The second-order valence-corrected chi connectivity index (χ2v) is 18.5. The molecule has 0 radical (unpaired) electrons. The number of aryl methyl sites for hydroxylation is 4. The number of rotatable bonds is 26. The standard InChI is InChI=1S/2C24H36O3S.Ca/c2*1-3-5-7-9-11-13-20-15-16-21(14-12-10-8-6-4-2)24-19-22(28(25,26)27)17-18-23(20)24;/h2*15-19H,3-14H2,1-2H3,(H,25,26,27);/q;;+2/p-2. The van der Waals surface area contributed by atoms with Gasteiger partial charge in [-0.05, 0) is 119 Å². The van der Waals surface area contributed by atoms with Crippen molar-refractivity contribution in [2.45, 2.75) is 192 Å². The maximum absolute atomic E-state index is 11.5. The SMILES string of the molecule is CCCCCCCc1ccc(CCCCCCC)c2cc(S(=O)(=O)[O-])ccc12.CCCCCCCc1ccc(CCCCCCC)c2cc(S(=O)(=O)[O-])ccc12.[Ca+2]. The van der Waals surface area contributed by atoms with Gasteiger partial charge in [-0.3, -0.25) is 0 Å². The van der Waals surface area contributed by atoms with Gasteiger partial charge in [-0.25, -0.2) is 16.8 Å². The van der Waals surface area contributed by atoms with Crippen LogP contribution in [0.15, 0.2) is 70.5 Å². The van der Waals surface area contributed by atoms with Crippen molar-refractivity contribution in [2.75, 3.05) is 0 Å². The molecular weight excluding hydrogens is 777 g/mol. The summed E-state index contributed by atoms with van der Waals surface area (Å²) in [4.78, 5) is -0.236. The molecule has 0 saturated carbocycles. The van der Waals surface area contributed by atoms with Crippen LogP contribution in [0.4, 0.5) is 0 Å². The zero-order valence-electron chi connectivity index (χ0n) is 35.7. The topological polar surface area (TPSA) is 114 Å². The largest absolute Gasteiger partial charge is 2.00 e. The molecule has 0 aliphatic carbocycles. The molecule has 0 N–H and O–H groups in total. The van der Waals surface area contributed by atoms with Crippen LogP contribution in [-0.4, -0.2) is 63.7 Å². The van der Waals surface area contributed by atoms with E-state index in [2.05, 4.69) is 52.0 Å². The Kier molecular flexibility index (Phi) is 25.4. The van der Waals surface area contributed by atoms with E-state index >= 15 is 0 Å². The molecule has 0 fully saturated rings. The summed E-state index contributed by atoms with van der Waals surface area (Å²) in [5.41, 5.74) is 4.84. The van der Waals surface area contributed by atoms with E-state index in [1.54, 1.807) is 12.1 Å².